The van der Waals surface area contributed by atoms with Crippen LogP contribution >= 0.6 is 11.6 Å². The van der Waals surface area contributed by atoms with E-state index >= 15 is 0 Å². The first kappa shape index (κ1) is 13.4. The quantitative estimate of drug-likeness (QED) is 0.817. The molecule has 0 bridgehead atoms. The van der Waals surface area contributed by atoms with E-state index in [1.807, 2.05) is 0 Å². The summed E-state index contributed by atoms with van der Waals surface area (Å²) in [7, 11) is 1.40. The molecular formula is C9H13ClN4O3. The molecule has 7 nitrogen and oxygen atoms in total. The number of carboxylic acid groups (broad SMARTS) is 1. The second-order valence-corrected chi connectivity index (χ2v) is 4.30. The normalized spacial score (nSPS) is 11.1. The van der Waals surface area contributed by atoms with E-state index in [0.29, 0.717) is 0 Å². The Bertz CT molecular complexity index is 425. The van der Waals surface area contributed by atoms with Crippen molar-refractivity contribution in [2.45, 2.75) is 13.8 Å². The third-order valence-corrected chi connectivity index (χ3v) is 2.21. The zero-order valence-electron chi connectivity index (χ0n) is 9.69. The number of methoxy groups -OCH3 is 1. The second-order valence-electron chi connectivity index (χ2n) is 3.96. The number of hydrogen-bond donors (Lipinski definition) is 2. The fraction of sp³-hybridized carbons (Fsp3) is 0.556. The Kier molecular flexibility index (Phi) is 4.06. The van der Waals surface area contributed by atoms with Crippen LogP contribution in [0.2, 0.25) is 5.28 Å². The van der Waals surface area contributed by atoms with Crippen molar-refractivity contribution < 1.29 is 14.6 Å². The molecule has 0 amide bonds. The molecule has 94 valence electrons. The van der Waals surface area contributed by atoms with Gasteiger partial charge in [-0.15, -0.1) is 0 Å². The minimum atomic E-state index is -0.938. The van der Waals surface area contributed by atoms with Gasteiger partial charge in [-0.05, 0) is 25.4 Å². The average molecular weight is 261 g/mol. The lowest BCUT2D eigenvalue weighted by molar-refractivity contribution is -0.146. The Morgan fingerprint density at radius 2 is 2.12 bits per heavy atom. The number of nitrogens with one attached hydrogen (secondary N) is 1. The first-order valence-corrected chi connectivity index (χ1v) is 5.16. The van der Waals surface area contributed by atoms with Crippen molar-refractivity contribution in [3.8, 4) is 6.01 Å². The van der Waals surface area contributed by atoms with E-state index in [4.69, 9.17) is 21.4 Å². The SMILES string of the molecule is COc1nc(Cl)nc(NCC(C)(C)C(=O)O)n1. The Morgan fingerprint density at radius 3 is 2.65 bits per heavy atom. The van der Waals surface area contributed by atoms with E-state index in [1.54, 1.807) is 13.8 Å². The molecule has 2 N–H and O–H groups in total. The van der Waals surface area contributed by atoms with Crippen LogP contribution in [0.1, 0.15) is 13.8 Å². The van der Waals surface area contributed by atoms with Crippen LogP contribution in [-0.2, 0) is 4.79 Å². The molecule has 0 atom stereocenters. The van der Waals surface area contributed by atoms with Gasteiger partial charge in [0.1, 0.15) is 0 Å². The van der Waals surface area contributed by atoms with Gasteiger partial charge in [-0.3, -0.25) is 4.79 Å². The number of halogens is 1. The molecule has 0 aliphatic carbocycles. The highest BCUT2D eigenvalue weighted by Crippen LogP contribution is 2.17. The molecule has 0 aliphatic heterocycles. The van der Waals surface area contributed by atoms with E-state index in [0.717, 1.165) is 0 Å². The summed E-state index contributed by atoms with van der Waals surface area (Å²) in [5, 5.41) is 11.7. The third kappa shape index (κ3) is 3.70. The number of rotatable bonds is 5. The van der Waals surface area contributed by atoms with Gasteiger partial charge in [-0.1, -0.05) is 0 Å². The maximum Gasteiger partial charge on any atom is 0.322 e. The molecule has 17 heavy (non-hydrogen) atoms. The Balaban J connectivity index is 2.76. The maximum absolute atomic E-state index is 10.9. The van der Waals surface area contributed by atoms with Gasteiger partial charge < -0.3 is 15.2 Å². The van der Waals surface area contributed by atoms with Gasteiger partial charge in [0, 0.05) is 6.54 Å². The summed E-state index contributed by atoms with van der Waals surface area (Å²) in [6.45, 7) is 3.33. The number of anilines is 1. The van der Waals surface area contributed by atoms with Crippen molar-refractivity contribution in [3.05, 3.63) is 5.28 Å². The van der Waals surface area contributed by atoms with Crippen molar-refractivity contribution in [1.29, 1.82) is 0 Å². The fourth-order valence-corrected chi connectivity index (χ4v) is 1.03. The number of nitrogens with zero attached hydrogens (tertiary/aromatic N) is 3. The lowest BCUT2D eigenvalue weighted by Gasteiger charge is -2.19. The minimum absolute atomic E-state index is 0.0209. The zero-order chi connectivity index (χ0) is 13.1. The molecule has 0 aliphatic rings. The Morgan fingerprint density at radius 1 is 1.47 bits per heavy atom. The van der Waals surface area contributed by atoms with Gasteiger partial charge in [0.05, 0.1) is 12.5 Å². The molecule has 0 fully saturated rings. The van der Waals surface area contributed by atoms with Crippen LogP contribution in [-0.4, -0.2) is 39.7 Å². The number of aromatic nitrogens is 3. The minimum Gasteiger partial charge on any atom is -0.481 e. The molecule has 0 saturated heterocycles. The number of aliphatic carboxylic acids is 1. The topological polar surface area (TPSA) is 97.2 Å². The molecule has 0 radical (unpaired) electrons. The van der Waals surface area contributed by atoms with Crippen LogP contribution in [0.3, 0.4) is 0 Å². The Hall–Kier alpha value is -1.63. The predicted octanol–water partition coefficient (Wildman–Crippen LogP) is 1.06. The summed E-state index contributed by atoms with van der Waals surface area (Å²) >= 11 is 5.64. The van der Waals surface area contributed by atoms with E-state index in [9.17, 15) is 4.79 Å². The fourth-order valence-electron chi connectivity index (χ4n) is 0.878. The molecule has 1 heterocycles. The van der Waals surface area contributed by atoms with Gasteiger partial charge in [0.15, 0.2) is 0 Å². The second kappa shape index (κ2) is 5.13. The number of hydrogen-bond acceptors (Lipinski definition) is 6. The monoisotopic (exact) mass is 260 g/mol. The molecule has 0 aromatic carbocycles. The highest BCUT2D eigenvalue weighted by molar-refractivity contribution is 6.28. The van der Waals surface area contributed by atoms with E-state index in [1.165, 1.54) is 7.11 Å². The standard InChI is InChI=1S/C9H13ClN4O3/c1-9(2,5(15)16)4-11-7-12-6(10)13-8(14-7)17-3/h4H2,1-3H3,(H,15,16)(H,11,12,13,14). The van der Waals surface area contributed by atoms with Crippen LogP contribution in [0.15, 0.2) is 0 Å². The number of carboxylic acids is 1. The molecule has 0 unspecified atom stereocenters. The van der Waals surface area contributed by atoms with Crippen LogP contribution < -0.4 is 10.1 Å². The largest absolute Gasteiger partial charge is 0.481 e. The molecule has 8 heteroatoms. The smallest absolute Gasteiger partial charge is 0.322 e. The molecule has 1 aromatic rings. The Labute approximate surface area is 103 Å². The van der Waals surface area contributed by atoms with Gasteiger partial charge in [0.2, 0.25) is 11.2 Å². The summed E-state index contributed by atoms with van der Waals surface area (Å²) in [4.78, 5) is 22.3. The summed E-state index contributed by atoms with van der Waals surface area (Å²) in [5.74, 6) is -0.742. The highest BCUT2D eigenvalue weighted by Gasteiger charge is 2.27. The number of carbonyl (C=O) groups is 1. The maximum atomic E-state index is 10.9. The molecular weight excluding hydrogens is 248 g/mol. The van der Waals surface area contributed by atoms with Crippen LogP contribution in [0.5, 0.6) is 6.01 Å². The van der Waals surface area contributed by atoms with Crippen LogP contribution in [0.25, 0.3) is 0 Å². The van der Waals surface area contributed by atoms with Gasteiger partial charge in [-0.2, -0.15) is 15.0 Å². The van der Waals surface area contributed by atoms with Crippen LogP contribution in [0.4, 0.5) is 5.95 Å². The van der Waals surface area contributed by atoms with Gasteiger partial charge in [-0.25, -0.2) is 0 Å². The summed E-state index contributed by atoms with van der Waals surface area (Å²) in [5.41, 5.74) is -0.938. The highest BCUT2D eigenvalue weighted by atomic mass is 35.5. The van der Waals surface area contributed by atoms with Crippen molar-refractivity contribution in [2.24, 2.45) is 5.41 Å². The van der Waals surface area contributed by atoms with E-state index in [-0.39, 0.29) is 23.8 Å². The third-order valence-electron chi connectivity index (χ3n) is 2.04. The number of ether oxygens (including phenoxy) is 1. The summed E-state index contributed by atoms with van der Waals surface area (Å²) in [6, 6.07) is 0.0700. The first-order chi connectivity index (χ1) is 7.85. The van der Waals surface area contributed by atoms with Gasteiger partial charge >= 0.3 is 12.0 Å². The van der Waals surface area contributed by atoms with Crippen LogP contribution in [0, 0.1) is 5.41 Å². The van der Waals surface area contributed by atoms with Crippen molar-refractivity contribution in [3.63, 3.8) is 0 Å². The molecule has 0 spiro atoms. The summed E-state index contributed by atoms with van der Waals surface area (Å²) < 4.78 is 4.81. The van der Waals surface area contributed by atoms with Crippen molar-refractivity contribution in [1.82, 2.24) is 15.0 Å². The van der Waals surface area contributed by atoms with Crippen molar-refractivity contribution in [2.75, 3.05) is 19.0 Å². The lowest BCUT2D eigenvalue weighted by Crippen LogP contribution is -2.32. The van der Waals surface area contributed by atoms with E-state index in [2.05, 4.69) is 20.3 Å². The first-order valence-electron chi connectivity index (χ1n) is 4.78. The summed E-state index contributed by atoms with van der Waals surface area (Å²) in [6.07, 6.45) is 0. The lowest BCUT2D eigenvalue weighted by atomic mass is 9.94. The van der Waals surface area contributed by atoms with Crippen molar-refractivity contribution >= 4 is 23.5 Å². The average Bonchev–Trinajstić information content (AvgIpc) is 2.25. The molecule has 1 aromatic heterocycles. The molecule has 0 saturated carbocycles. The zero-order valence-corrected chi connectivity index (χ0v) is 10.4. The van der Waals surface area contributed by atoms with Gasteiger partial charge in [0.25, 0.3) is 0 Å². The molecule has 1 rings (SSSR count). The van der Waals surface area contributed by atoms with E-state index < -0.39 is 11.4 Å². The predicted molar refractivity (Wildman–Crippen MR) is 61.3 cm³/mol.